The Morgan fingerprint density at radius 2 is 2.04 bits per heavy atom. The molecule has 0 aliphatic carbocycles. The molecule has 3 aromatic heterocycles. The number of pyridine rings is 3. The van der Waals surface area contributed by atoms with E-state index in [-0.39, 0.29) is 5.75 Å². The largest absolute Gasteiger partial charge is 0.487 e. The van der Waals surface area contributed by atoms with E-state index < -0.39 is 29.4 Å². The van der Waals surface area contributed by atoms with E-state index in [1.807, 2.05) is 0 Å². The highest BCUT2D eigenvalue weighted by atomic mass is 19.1. The molecule has 3 aromatic rings. The Hall–Kier alpha value is -3.09. The van der Waals surface area contributed by atoms with Gasteiger partial charge < -0.3 is 4.74 Å². The van der Waals surface area contributed by atoms with Crippen LogP contribution in [0.5, 0.6) is 5.75 Å². The van der Waals surface area contributed by atoms with Gasteiger partial charge in [0.2, 0.25) is 0 Å². The molecule has 25 heavy (non-hydrogen) atoms. The van der Waals surface area contributed by atoms with E-state index in [9.17, 15) is 13.6 Å². The molecule has 0 atom stereocenters. The number of nitrogens with zero attached hydrogens (tertiary/aromatic N) is 3. The second-order valence-corrected chi connectivity index (χ2v) is 5.36. The van der Waals surface area contributed by atoms with Crippen molar-refractivity contribution in [2.24, 2.45) is 0 Å². The van der Waals surface area contributed by atoms with Crippen LogP contribution >= 0.6 is 0 Å². The molecule has 128 valence electrons. The maximum absolute atomic E-state index is 13.8. The first-order valence-electron chi connectivity index (χ1n) is 8.34. The fourth-order valence-corrected chi connectivity index (χ4v) is 2.35. The minimum absolute atomic E-state index is 0.101. The van der Waals surface area contributed by atoms with Crippen LogP contribution in [0.3, 0.4) is 0 Å². The van der Waals surface area contributed by atoms with Crippen LogP contribution in [0, 0.1) is 25.5 Å². The first-order chi connectivity index (χ1) is 12.7. The van der Waals surface area contributed by atoms with Gasteiger partial charge in [-0.3, -0.25) is 19.3 Å². The van der Waals surface area contributed by atoms with Gasteiger partial charge in [-0.1, -0.05) is 0 Å². The molecule has 0 aromatic carbocycles. The van der Waals surface area contributed by atoms with Gasteiger partial charge in [-0.25, -0.2) is 8.78 Å². The van der Waals surface area contributed by atoms with Crippen LogP contribution < -0.4 is 10.3 Å². The second kappa shape index (κ2) is 6.80. The fourth-order valence-electron chi connectivity index (χ4n) is 2.35. The van der Waals surface area contributed by atoms with Gasteiger partial charge in [0.1, 0.15) is 23.8 Å². The van der Waals surface area contributed by atoms with Crippen molar-refractivity contribution in [3.8, 4) is 11.4 Å². The summed E-state index contributed by atoms with van der Waals surface area (Å²) < 4.78 is 49.3. The molecule has 0 aliphatic heterocycles. The lowest BCUT2D eigenvalue weighted by atomic mass is 10.2. The third-order valence-corrected chi connectivity index (χ3v) is 3.49. The molecular weight excluding hydrogens is 328 g/mol. The van der Waals surface area contributed by atoms with Crippen LogP contribution in [0.1, 0.15) is 19.7 Å². The average Bonchev–Trinajstić information content (AvgIpc) is 2.55. The fraction of sp³-hybridized carbons (Fsp3) is 0.167. The van der Waals surface area contributed by atoms with Crippen molar-refractivity contribution in [3.05, 3.63) is 81.8 Å². The minimum Gasteiger partial charge on any atom is -0.487 e. The Bertz CT molecular complexity index is 1070. The molecule has 0 N–H and O–H groups in total. The number of hydrogen-bond acceptors (Lipinski definition) is 4. The summed E-state index contributed by atoms with van der Waals surface area (Å²) in [5, 5.41) is 0. The quantitative estimate of drug-likeness (QED) is 0.729. The van der Waals surface area contributed by atoms with Crippen LogP contribution in [0.25, 0.3) is 5.69 Å². The van der Waals surface area contributed by atoms with Gasteiger partial charge in [0.15, 0.2) is 5.82 Å². The van der Waals surface area contributed by atoms with Crippen molar-refractivity contribution in [1.29, 1.82) is 0 Å². The number of ether oxygens (including phenoxy) is 1. The van der Waals surface area contributed by atoms with Crippen molar-refractivity contribution in [2.75, 3.05) is 0 Å². The van der Waals surface area contributed by atoms with Crippen LogP contribution in [0.2, 0.25) is 0 Å². The van der Waals surface area contributed by atoms with E-state index in [4.69, 9.17) is 7.48 Å². The van der Waals surface area contributed by atoms with Gasteiger partial charge >= 0.3 is 0 Å². The van der Waals surface area contributed by atoms with E-state index in [1.165, 1.54) is 10.6 Å². The summed E-state index contributed by atoms with van der Waals surface area (Å²) in [6, 6.07) is 4.73. The van der Waals surface area contributed by atoms with Crippen LogP contribution in [0.4, 0.5) is 8.78 Å². The molecule has 0 unspecified atom stereocenters. The summed E-state index contributed by atoms with van der Waals surface area (Å²) in [7, 11) is 0. The Morgan fingerprint density at radius 3 is 2.72 bits per heavy atom. The minimum atomic E-state index is -2.70. The van der Waals surface area contributed by atoms with Crippen molar-refractivity contribution in [1.82, 2.24) is 14.5 Å². The molecule has 3 rings (SSSR count). The second-order valence-electron chi connectivity index (χ2n) is 5.36. The normalized spacial score (nSPS) is 12.5. The molecule has 0 fully saturated rings. The molecule has 0 aliphatic rings. The number of aryl methyl sites for hydroxylation is 2. The lowest BCUT2D eigenvalue weighted by Crippen LogP contribution is -2.21. The summed E-state index contributed by atoms with van der Waals surface area (Å²) in [5.74, 6) is -2.22. The molecule has 7 heteroatoms. The highest BCUT2D eigenvalue weighted by Gasteiger charge is 2.11. The predicted octanol–water partition coefficient (Wildman–Crippen LogP) is 3.10. The zero-order valence-corrected chi connectivity index (χ0v) is 13.5. The maximum Gasteiger partial charge on any atom is 0.259 e. The van der Waals surface area contributed by atoms with Gasteiger partial charge in [-0.2, -0.15) is 0 Å². The van der Waals surface area contributed by atoms with E-state index in [0.29, 0.717) is 23.6 Å². The number of halogens is 2. The van der Waals surface area contributed by atoms with Crippen LogP contribution in [-0.2, 0) is 6.56 Å². The zero-order valence-electron chi connectivity index (χ0n) is 15.5. The highest BCUT2D eigenvalue weighted by Crippen LogP contribution is 2.17. The van der Waals surface area contributed by atoms with Gasteiger partial charge in [0.05, 0.1) is 14.6 Å². The smallest absolute Gasteiger partial charge is 0.259 e. The molecular formula is C18H15F2N3O2. The van der Waals surface area contributed by atoms with E-state index in [0.717, 1.165) is 11.6 Å². The maximum atomic E-state index is 13.8. The molecule has 0 saturated carbocycles. The first-order valence-corrected chi connectivity index (χ1v) is 7.34. The number of hydrogen-bond donors (Lipinski definition) is 0. The summed E-state index contributed by atoms with van der Waals surface area (Å²) in [6.07, 6.45) is 3.86. The monoisotopic (exact) mass is 345 g/mol. The van der Waals surface area contributed by atoms with Crippen molar-refractivity contribution in [3.63, 3.8) is 0 Å². The van der Waals surface area contributed by atoms with Gasteiger partial charge in [0, 0.05) is 36.3 Å². The number of rotatable bonds is 4. The standard InChI is InChI=1S/C18H15F2N3O2/c1-11-8-21-4-3-17(11)23-12(2)5-14(7-18(23)24)25-10-16-15(20)6-13(19)9-22-16/h3-9H,10H2,1-2H3/i10D2. The Kier molecular flexibility index (Phi) is 3.88. The third kappa shape index (κ3) is 3.55. The molecule has 5 nitrogen and oxygen atoms in total. The summed E-state index contributed by atoms with van der Waals surface area (Å²) in [4.78, 5) is 20.0. The Labute approximate surface area is 145 Å². The number of aromatic nitrogens is 3. The lowest BCUT2D eigenvalue weighted by Gasteiger charge is -2.14. The van der Waals surface area contributed by atoms with Gasteiger partial charge in [-0.15, -0.1) is 0 Å². The lowest BCUT2D eigenvalue weighted by molar-refractivity contribution is 0.292. The SMILES string of the molecule is [2H]C([2H])(Oc1cc(C)n(-c2ccncc2C)c(=O)c1)c1ncc(F)cc1F. The summed E-state index contributed by atoms with van der Waals surface area (Å²) >= 11 is 0. The summed E-state index contributed by atoms with van der Waals surface area (Å²) in [6.45, 7) is 0.760. The van der Waals surface area contributed by atoms with E-state index >= 15 is 0 Å². The molecule has 0 spiro atoms. The van der Waals surface area contributed by atoms with Gasteiger partial charge in [0.25, 0.3) is 5.56 Å². The third-order valence-electron chi connectivity index (χ3n) is 3.49. The molecule has 0 bridgehead atoms. The predicted molar refractivity (Wildman–Crippen MR) is 87.8 cm³/mol. The summed E-state index contributed by atoms with van der Waals surface area (Å²) in [5.41, 5.74) is 0.728. The van der Waals surface area contributed by atoms with Crippen molar-refractivity contribution < 1.29 is 16.3 Å². The molecule has 3 heterocycles. The highest BCUT2D eigenvalue weighted by molar-refractivity contribution is 5.41. The zero-order chi connectivity index (χ0) is 19.8. The van der Waals surface area contributed by atoms with Crippen LogP contribution in [0.15, 0.2) is 47.7 Å². The van der Waals surface area contributed by atoms with Gasteiger partial charge in [-0.05, 0) is 25.5 Å². The Balaban J connectivity index is 1.99. The topological polar surface area (TPSA) is 57.0 Å². The van der Waals surface area contributed by atoms with E-state index in [2.05, 4.69) is 9.97 Å². The average molecular weight is 345 g/mol. The van der Waals surface area contributed by atoms with E-state index in [1.54, 1.807) is 32.3 Å². The molecule has 0 amide bonds. The van der Waals surface area contributed by atoms with Crippen molar-refractivity contribution in [2.45, 2.75) is 20.4 Å². The molecule has 0 radical (unpaired) electrons. The van der Waals surface area contributed by atoms with Crippen molar-refractivity contribution >= 4 is 0 Å². The Morgan fingerprint density at radius 1 is 1.24 bits per heavy atom. The van der Waals surface area contributed by atoms with Crippen LogP contribution in [-0.4, -0.2) is 14.5 Å². The first kappa shape index (κ1) is 14.3. The molecule has 0 saturated heterocycles.